The lowest BCUT2D eigenvalue weighted by molar-refractivity contribution is -0.134. The highest BCUT2D eigenvalue weighted by Gasteiger charge is 2.08. The Morgan fingerprint density at radius 2 is 2.21 bits per heavy atom. The lowest BCUT2D eigenvalue weighted by Crippen LogP contribution is -2.33. The zero-order chi connectivity index (χ0) is 11.0. The van der Waals surface area contributed by atoms with Gasteiger partial charge in [-0.1, -0.05) is 6.92 Å². The van der Waals surface area contributed by atoms with Gasteiger partial charge >= 0.3 is 0 Å². The smallest absolute Gasteiger partial charge is 0.248 e. The summed E-state index contributed by atoms with van der Waals surface area (Å²) < 4.78 is 5.15. The number of amides is 1. The van der Waals surface area contributed by atoms with Crippen LogP contribution in [-0.4, -0.2) is 43.7 Å². The van der Waals surface area contributed by atoms with Crippen molar-refractivity contribution in [3.63, 3.8) is 0 Å². The van der Waals surface area contributed by atoms with Crippen molar-refractivity contribution in [1.29, 1.82) is 0 Å². The first-order valence-electron chi connectivity index (χ1n) is 5.15. The van der Waals surface area contributed by atoms with Crippen molar-refractivity contribution >= 4 is 5.91 Å². The minimum atomic E-state index is 0.0269. The predicted octanol–water partition coefficient (Wildman–Crippen LogP) is 0.609. The van der Waals surface area contributed by atoms with Crippen LogP contribution in [0.3, 0.4) is 0 Å². The molecule has 0 bridgehead atoms. The summed E-state index contributed by atoms with van der Waals surface area (Å²) in [6.45, 7) is 5.48. The maximum absolute atomic E-state index is 11.4. The summed E-state index contributed by atoms with van der Waals surface area (Å²) in [6.07, 6.45) is 1.77. The van der Waals surface area contributed by atoms with E-state index in [0.717, 1.165) is 12.8 Å². The van der Waals surface area contributed by atoms with Crippen LogP contribution in [0.1, 0.15) is 26.7 Å². The fraction of sp³-hybridized carbons (Fsp3) is 0.900. The maximum atomic E-state index is 11.4. The molecule has 0 aliphatic heterocycles. The van der Waals surface area contributed by atoms with Gasteiger partial charge in [-0.3, -0.25) is 4.79 Å². The second kappa shape index (κ2) is 7.76. The molecular weight excluding hydrogens is 180 g/mol. The molecule has 0 aromatic carbocycles. The van der Waals surface area contributed by atoms with Crippen molar-refractivity contribution < 1.29 is 9.53 Å². The number of carbonyl (C=O) groups is 1. The summed E-state index contributed by atoms with van der Waals surface area (Å²) in [5, 5.41) is 0. The molecule has 1 unspecified atom stereocenters. The number of likely N-dealkylation sites (N-methyl/N-ethyl adjacent to an activating group) is 1. The maximum Gasteiger partial charge on any atom is 0.248 e. The average Bonchev–Trinajstić information content (AvgIpc) is 2.14. The third-order valence-corrected chi connectivity index (χ3v) is 1.92. The molecule has 0 aromatic heterocycles. The molecule has 0 aliphatic rings. The molecule has 0 saturated carbocycles. The first-order chi connectivity index (χ1) is 6.57. The van der Waals surface area contributed by atoms with Crippen LogP contribution in [0, 0.1) is 0 Å². The van der Waals surface area contributed by atoms with E-state index in [4.69, 9.17) is 10.5 Å². The molecule has 0 saturated heterocycles. The van der Waals surface area contributed by atoms with Gasteiger partial charge in [0.15, 0.2) is 0 Å². The Balaban J connectivity index is 3.54. The first kappa shape index (κ1) is 13.4. The van der Waals surface area contributed by atoms with Gasteiger partial charge < -0.3 is 15.4 Å². The lowest BCUT2D eigenvalue weighted by Gasteiger charge is -2.18. The Morgan fingerprint density at radius 3 is 2.71 bits per heavy atom. The van der Waals surface area contributed by atoms with Gasteiger partial charge in [-0.05, 0) is 19.8 Å². The molecule has 1 amide bonds. The lowest BCUT2D eigenvalue weighted by atomic mass is 10.2. The summed E-state index contributed by atoms with van der Waals surface area (Å²) >= 11 is 0. The fourth-order valence-electron chi connectivity index (χ4n) is 0.936. The summed E-state index contributed by atoms with van der Waals surface area (Å²) in [7, 11) is 1.78. The molecule has 84 valence electrons. The molecule has 0 fully saturated rings. The topological polar surface area (TPSA) is 55.6 Å². The Kier molecular flexibility index (Phi) is 7.42. The van der Waals surface area contributed by atoms with Crippen LogP contribution in [0.5, 0.6) is 0 Å². The molecule has 2 N–H and O–H groups in total. The van der Waals surface area contributed by atoms with Crippen molar-refractivity contribution in [3.8, 4) is 0 Å². The highest BCUT2D eigenvalue weighted by atomic mass is 16.5. The van der Waals surface area contributed by atoms with Crippen molar-refractivity contribution in [2.75, 3.05) is 26.8 Å². The number of nitrogens with two attached hydrogens (primary N) is 1. The van der Waals surface area contributed by atoms with Crippen molar-refractivity contribution in [2.24, 2.45) is 5.73 Å². The summed E-state index contributed by atoms with van der Waals surface area (Å²) in [4.78, 5) is 13.1. The number of hydrogen-bond acceptors (Lipinski definition) is 3. The zero-order valence-corrected chi connectivity index (χ0v) is 9.45. The third-order valence-electron chi connectivity index (χ3n) is 1.92. The first-order valence-corrected chi connectivity index (χ1v) is 5.15. The number of rotatable bonds is 7. The Morgan fingerprint density at radius 1 is 1.57 bits per heavy atom. The van der Waals surface area contributed by atoms with Crippen LogP contribution >= 0.6 is 0 Å². The second-order valence-corrected chi connectivity index (χ2v) is 3.63. The molecule has 0 rings (SSSR count). The third kappa shape index (κ3) is 6.86. The monoisotopic (exact) mass is 202 g/mol. The largest absolute Gasteiger partial charge is 0.372 e. The quantitative estimate of drug-likeness (QED) is 0.615. The minimum Gasteiger partial charge on any atom is -0.372 e. The standard InChI is InChI=1S/C10H22N2O2/c1-4-7-14-8-10(13)12(3)6-5-9(2)11/h9H,4-8,11H2,1-3H3. The summed E-state index contributed by atoms with van der Waals surface area (Å²) in [5.41, 5.74) is 5.59. The highest BCUT2D eigenvalue weighted by molar-refractivity contribution is 5.77. The van der Waals surface area contributed by atoms with E-state index in [0.29, 0.717) is 13.2 Å². The van der Waals surface area contributed by atoms with E-state index in [1.54, 1.807) is 11.9 Å². The van der Waals surface area contributed by atoms with E-state index >= 15 is 0 Å². The molecule has 14 heavy (non-hydrogen) atoms. The number of carbonyl (C=O) groups excluding carboxylic acids is 1. The van der Waals surface area contributed by atoms with Gasteiger partial charge in [0.25, 0.3) is 0 Å². The van der Waals surface area contributed by atoms with Crippen LogP contribution in [0.15, 0.2) is 0 Å². The van der Waals surface area contributed by atoms with Gasteiger partial charge in [-0.15, -0.1) is 0 Å². The zero-order valence-electron chi connectivity index (χ0n) is 9.45. The normalized spacial score (nSPS) is 12.6. The molecule has 0 aromatic rings. The minimum absolute atomic E-state index is 0.0269. The highest BCUT2D eigenvalue weighted by Crippen LogP contribution is 1.93. The van der Waals surface area contributed by atoms with Crippen LogP contribution in [-0.2, 0) is 9.53 Å². The van der Waals surface area contributed by atoms with Crippen molar-refractivity contribution in [1.82, 2.24) is 4.90 Å². The Hall–Kier alpha value is -0.610. The van der Waals surface area contributed by atoms with Gasteiger partial charge in [-0.2, -0.15) is 0 Å². The van der Waals surface area contributed by atoms with Gasteiger partial charge in [0.1, 0.15) is 6.61 Å². The SMILES string of the molecule is CCCOCC(=O)N(C)CCC(C)N. The van der Waals surface area contributed by atoms with E-state index < -0.39 is 0 Å². The molecule has 0 aliphatic carbocycles. The van der Waals surface area contributed by atoms with E-state index in [1.165, 1.54) is 0 Å². The van der Waals surface area contributed by atoms with Crippen LogP contribution in [0.2, 0.25) is 0 Å². The summed E-state index contributed by atoms with van der Waals surface area (Å²) in [5.74, 6) is 0.0269. The number of nitrogens with zero attached hydrogens (tertiary/aromatic N) is 1. The van der Waals surface area contributed by atoms with Gasteiger partial charge in [-0.25, -0.2) is 0 Å². The second-order valence-electron chi connectivity index (χ2n) is 3.63. The summed E-state index contributed by atoms with van der Waals surface area (Å²) in [6, 6.07) is 0.141. The fourth-order valence-corrected chi connectivity index (χ4v) is 0.936. The molecule has 0 spiro atoms. The molecule has 4 nitrogen and oxygen atoms in total. The van der Waals surface area contributed by atoms with Gasteiger partial charge in [0.2, 0.25) is 5.91 Å². The Bertz CT molecular complexity index is 160. The van der Waals surface area contributed by atoms with Crippen LogP contribution in [0.4, 0.5) is 0 Å². The van der Waals surface area contributed by atoms with Gasteiger partial charge in [0.05, 0.1) is 0 Å². The number of hydrogen-bond donors (Lipinski definition) is 1. The molecule has 4 heteroatoms. The van der Waals surface area contributed by atoms with Crippen molar-refractivity contribution in [2.45, 2.75) is 32.7 Å². The van der Waals surface area contributed by atoms with E-state index in [2.05, 4.69) is 0 Å². The molecule has 0 heterocycles. The van der Waals surface area contributed by atoms with Crippen LogP contribution < -0.4 is 5.73 Å². The van der Waals surface area contributed by atoms with E-state index in [-0.39, 0.29) is 18.6 Å². The molecule has 1 atom stereocenters. The predicted molar refractivity (Wildman–Crippen MR) is 57.0 cm³/mol. The Labute approximate surface area is 86.4 Å². The average molecular weight is 202 g/mol. The molecular formula is C10H22N2O2. The number of ether oxygens (including phenoxy) is 1. The van der Waals surface area contributed by atoms with Crippen molar-refractivity contribution in [3.05, 3.63) is 0 Å². The van der Waals surface area contributed by atoms with E-state index in [1.807, 2.05) is 13.8 Å². The van der Waals surface area contributed by atoms with E-state index in [9.17, 15) is 4.79 Å². The van der Waals surface area contributed by atoms with Gasteiger partial charge in [0, 0.05) is 26.2 Å². The van der Waals surface area contributed by atoms with Crippen LogP contribution in [0.25, 0.3) is 0 Å². The molecule has 0 radical (unpaired) electrons.